The summed E-state index contributed by atoms with van der Waals surface area (Å²) in [5.41, 5.74) is 0. The first-order valence-electron chi connectivity index (χ1n) is 5.31. The number of hydrogen-bond acceptors (Lipinski definition) is 6. The van der Waals surface area contributed by atoms with E-state index in [1.807, 2.05) is 0 Å². The second kappa shape index (κ2) is 6.43. The maximum absolute atomic E-state index is 11.4. The molecule has 0 fully saturated rings. The van der Waals surface area contributed by atoms with Crippen LogP contribution in [-0.4, -0.2) is 25.2 Å². The van der Waals surface area contributed by atoms with Crippen LogP contribution in [0.2, 0.25) is 5.15 Å². The number of carbonyl (C=O) groups is 1. The fourth-order valence-electron chi connectivity index (χ4n) is 1.33. The number of carbonyl (C=O) groups excluding carboxylic acids is 1. The lowest BCUT2D eigenvalue weighted by molar-refractivity contribution is 0.0606. The van der Waals surface area contributed by atoms with E-state index in [0.717, 1.165) is 11.3 Å². The largest absolute Gasteiger partial charge is 0.497 e. The molecular weight excluding hydrogens is 370 g/mol. The topological polar surface area (TPSA) is 57.7 Å². The van der Waals surface area contributed by atoms with Gasteiger partial charge in [0.15, 0.2) is 10.0 Å². The van der Waals surface area contributed by atoms with Crippen molar-refractivity contribution < 1.29 is 19.0 Å². The molecule has 0 atom stereocenters. The summed E-state index contributed by atoms with van der Waals surface area (Å²) in [5, 5.41) is 0.308. The molecule has 0 amide bonds. The molecule has 0 aliphatic carbocycles. The Morgan fingerprint density at radius 3 is 2.75 bits per heavy atom. The van der Waals surface area contributed by atoms with E-state index in [4.69, 9.17) is 21.1 Å². The molecule has 8 heteroatoms. The lowest BCUT2D eigenvalue weighted by Crippen LogP contribution is -1.98. The van der Waals surface area contributed by atoms with Crippen molar-refractivity contribution >= 4 is 44.8 Å². The van der Waals surface area contributed by atoms with Crippen LogP contribution >= 0.6 is 38.9 Å². The van der Waals surface area contributed by atoms with Crippen LogP contribution in [-0.2, 0) is 4.74 Å². The van der Waals surface area contributed by atoms with Crippen molar-refractivity contribution in [2.24, 2.45) is 0 Å². The van der Waals surface area contributed by atoms with E-state index < -0.39 is 5.97 Å². The van der Waals surface area contributed by atoms with E-state index in [9.17, 15) is 4.79 Å². The average Bonchev–Trinajstić information content (AvgIpc) is 2.81. The van der Waals surface area contributed by atoms with Crippen LogP contribution in [0.4, 0.5) is 0 Å². The number of esters is 1. The zero-order valence-electron chi connectivity index (χ0n) is 10.5. The van der Waals surface area contributed by atoms with Gasteiger partial charge in [-0.05, 0) is 34.1 Å². The van der Waals surface area contributed by atoms with Gasteiger partial charge in [-0.1, -0.05) is 22.9 Å². The summed E-state index contributed by atoms with van der Waals surface area (Å²) in [6, 6.07) is 5.22. The second-order valence-electron chi connectivity index (χ2n) is 3.49. The third-order valence-electron chi connectivity index (χ3n) is 2.27. The van der Waals surface area contributed by atoms with Gasteiger partial charge in [-0.3, -0.25) is 0 Å². The molecule has 1 aromatic carbocycles. The van der Waals surface area contributed by atoms with Crippen molar-refractivity contribution in [3.05, 3.63) is 32.7 Å². The molecule has 1 heterocycles. The molecule has 0 aliphatic rings. The van der Waals surface area contributed by atoms with E-state index in [1.165, 1.54) is 7.11 Å². The highest BCUT2D eigenvalue weighted by Gasteiger charge is 2.19. The van der Waals surface area contributed by atoms with Gasteiger partial charge in [-0.2, -0.15) is 4.98 Å². The fraction of sp³-hybridized carbons (Fsp3) is 0.167. The number of hydrogen-bond donors (Lipinski definition) is 0. The maximum atomic E-state index is 11.4. The molecule has 0 unspecified atom stereocenters. The Balaban J connectivity index is 2.24. The van der Waals surface area contributed by atoms with Crippen molar-refractivity contribution in [2.75, 3.05) is 14.2 Å². The Kier molecular flexibility index (Phi) is 4.85. The van der Waals surface area contributed by atoms with Crippen LogP contribution in [0, 0.1) is 0 Å². The van der Waals surface area contributed by atoms with Crippen LogP contribution in [0.25, 0.3) is 0 Å². The van der Waals surface area contributed by atoms with Gasteiger partial charge < -0.3 is 14.2 Å². The molecule has 2 aromatic rings. The van der Waals surface area contributed by atoms with Crippen LogP contribution in [0.5, 0.6) is 16.7 Å². The van der Waals surface area contributed by atoms with Gasteiger partial charge in [0.2, 0.25) is 0 Å². The first kappa shape index (κ1) is 15.1. The van der Waals surface area contributed by atoms with Crippen LogP contribution in [0.3, 0.4) is 0 Å². The molecule has 5 nitrogen and oxygen atoms in total. The number of thiazole rings is 1. The number of methoxy groups -OCH3 is 2. The molecule has 0 radical (unpaired) electrons. The Hall–Kier alpha value is -1.31. The smallest absolute Gasteiger partial charge is 0.351 e. The maximum Gasteiger partial charge on any atom is 0.351 e. The summed E-state index contributed by atoms with van der Waals surface area (Å²) in [5.74, 6) is 0.681. The summed E-state index contributed by atoms with van der Waals surface area (Å²) >= 11 is 10.2. The van der Waals surface area contributed by atoms with E-state index in [-0.39, 0.29) is 15.2 Å². The molecular formula is C12H9BrClNO4S. The van der Waals surface area contributed by atoms with Crippen LogP contribution in [0.15, 0.2) is 22.7 Å². The molecule has 2 rings (SSSR count). The molecule has 0 aliphatic heterocycles. The van der Waals surface area contributed by atoms with E-state index in [1.54, 1.807) is 25.3 Å². The lowest BCUT2D eigenvalue weighted by atomic mass is 10.3. The third-order valence-corrected chi connectivity index (χ3v) is 4.19. The molecule has 106 valence electrons. The number of halogens is 2. The summed E-state index contributed by atoms with van der Waals surface area (Å²) in [7, 11) is 2.85. The summed E-state index contributed by atoms with van der Waals surface area (Å²) < 4.78 is 16.0. The Bertz CT molecular complexity index is 646. The molecule has 0 saturated carbocycles. The molecule has 0 spiro atoms. The van der Waals surface area contributed by atoms with Gasteiger partial charge in [0.1, 0.15) is 11.5 Å². The number of nitrogens with zero attached hydrogens (tertiary/aromatic N) is 1. The van der Waals surface area contributed by atoms with Gasteiger partial charge in [-0.15, -0.1) is 0 Å². The molecule has 0 saturated heterocycles. The number of benzene rings is 1. The van der Waals surface area contributed by atoms with Crippen molar-refractivity contribution in [2.45, 2.75) is 0 Å². The van der Waals surface area contributed by atoms with Crippen LogP contribution < -0.4 is 9.47 Å². The molecule has 1 aromatic heterocycles. The Morgan fingerprint density at radius 2 is 2.15 bits per heavy atom. The predicted molar refractivity (Wildman–Crippen MR) is 79.2 cm³/mol. The fourth-order valence-corrected chi connectivity index (χ4v) is 2.83. The average molecular weight is 379 g/mol. The van der Waals surface area contributed by atoms with Crippen molar-refractivity contribution in [1.82, 2.24) is 4.98 Å². The minimum atomic E-state index is -0.545. The Morgan fingerprint density at radius 1 is 1.40 bits per heavy atom. The zero-order valence-corrected chi connectivity index (χ0v) is 13.6. The van der Waals surface area contributed by atoms with Crippen molar-refractivity contribution in [3.8, 4) is 16.7 Å². The predicted octanol–water partition coefficient (Wildman–Crippen LogP) is 4.15. The van der Waals surface area contributed by atoms with Gasteiger partial charge in [-0.25, -0.2) is 4.79 Å². The molecule has 20 heavy (non-hydrogen) atoms. The highest BCUT2D eigenvalue weighted by atomic mass is 79.9. The third kappa shape index (κ3) is 3.23. The van der Waals surface area contributed by atoms with E-state index >= 15 is 0 Å². The van der Waals surface area contributed by atoms with Crippen LogP contribution in [0.1, 0.15) is 9.67 Å². The number of aromatic nitrogens is 1. The molecule has 0 bridgehead atoms. The monoisotopic (exact) mass is 377 g/mol. The molecule has 0 N–H and O–H groups in total. The standard InChI is InChI=1S/C12H9BrClNO4S/c1-17-6-3-4-8(7(13)5-6)19-12-15-10(14)9(20-12)11(16)18-2/h3-5H,1-2H3. The SMILES string of the molecule is COC(=O)c1sc(Oc2ccc(OC)cc2Br)nc1Cl. The first-order chi connectivity index (χ1) is 9.55. The summed E-state index contributed by atoms with van der Waals surface area (Å²) in [4.78, 5) is 15.6. The first-order valence-corrected chi connectivity index (χ1v) is 7.30. The van der Waals surface area contributed by atoms with E-state index in [2.05, 4.69) is 25.7 Å². The second-order valence-corrected chi connectivity index (χ2v) is 5.66. The normalized spacial score (nSPS) is 10.2. The van der Waals surface area contributed by atoms with Gasteiger partial charge in [0, 0.05) is 0 Å². The van der Waals surface area contributed by atoms with Gasteiger partial charge in [0.05, 0.1) is 18.7 Å². The minimum Gasteiger partial charge on any atom is -0.497 e. The van der Waals surface area contributed by atoms with E-state index in [0.29, 0.717) is 16.0 Å². The summed E-state index contributed by atoms with van der Waals surface area (Å²) in [6.45, 7) is 0. The highest BCUT2D eigenvalue weighted by Crippen LogP contribution is 2.36. The number of rotatable bonds is 4. The van der Waals surface area contributed by atoms with Crippen molar-refractivity contribution in [1.29, 1.82) is 0 Å². The van der Waals surface area contributed by atoms with Crippen molar-refractivity contribution in [3.63, 3.8) is 0 Å². The zero-order chi connectivity index (χ0) is 14.7. The summed E-state index contributed by atoms with van der Waals surface area (Å²) in [6.07, 6.45) is 0. The van der Waals surface area contributed by atoms with Gasteiger partial charge in [0.25, 0.3) is 5.19 Å². The number of ether oxygens (including phenoxy) is 3. The highest BCUT2D eigenvalue weighted by molar-refractivity contribution is 9.10. The van der Waals surface area contributed by atoms with Gasteiger partial charge >= 0.3 is 5.97 Å². The lowest BCUT2D eigenvalue weighted by Gasteiger charge is -2.06. The minimum absolute atomic E-state index is 0.0569. The Labute approximate surface area is 132 Å². The quantitative estimate of drug-likeness (QED) is 0.748.